The summed E-state index contributed by atoms with van der Waals surface area (Å²) in [6.45, 7) is 0.433. The van der Waals surface area contributed by atoms with Crippen LogP contribution < -0.4 is 0 Å². The Morgan fingerprint density at radius 1 is 0.943 bits per heavy atom. The number of carbonyl (C=O) groups excluding carboxylic acids is 1. The lowest BCUT2D eigenvalue weighted by Crippen LogP contribution is -2.26. The minimum atomic E-state index is -0.0138. The van der Waals surface area contributed by atoms with Crippen LogP contribution in [0.5, 0.6) is 0 Å². The number of benzene rings is 2. The standard InChI is InChI=1S/C27H24N6O2/c1-32(25(34)13-12-24-29-27(31-35-24)21-14-16-28-17-15-21)18-22-19-33(23-10-6-3-7-11-23)30-26(22)20-8-4-2-5-9-20/h2-11,14-17,19H,12-13,18H2,1H3. The summed E-state index contributed by atoms with van der Waals surface area (Å²) in [6.07, 6.45) is 5.97. The molecule has 35 heavy (non-hydrogen) atoms. The van der Waals surface area contributed by atoms with Crippen molar-refractivity contribution in [2.24, 2.45) is 0 Å². The van der Waals surface area contributed by atoms with Gasteiger partial charge in [-0.15, -0.1) is 0 Å². The molecule has 8 heteroatoms. The molecule has 1 amide bonds. The van der Waals surface area contributed by atoms with Crippen LogP contribution in [0.15, 0.2) is 95.9 Å². The van der Waals surface area contributed by atoms with Gasteiger partial charge in [-0.05, 0) is 24.3 Å². The van der Waals surface area contributed by atoms with Gasteiger partial charge in [0.05, 0.1) is 11.4 Å². The first kappa shape index (κ1) is 22.2. The van der Waals surface area contributed by atoms with Crippen molar-refractivity contribution in [2.45, 2.75) is 19.4 Å². The molecule has 0 spiro atoms. The average Bonchev–Trinajstić information content (AvgIpc) is 3.56. The van der Waals surface area contributed by atoms with E-state index in [0.717, 1.165) is 28.1 Å². The number of nitrogens with zero attached hydrogens (tertiary/aromatic N) is 6. The molecular formula is C27H24N6O2. The lowest BCUT2D eigenvalue weighted by atomic mass is 10.1. The molecule has 0 unspecified atom stereocenters. The first-order valence-corrected chi connectivity index (χ1v) is 11.3. The number of rotatable bonds is 8. The summed E-state index contributed by atoms with van der Waals surface area (Å²) in [6, 6.07) is 23.6. The van der Waals surface area contributed by atoms with E-state index >= 15 is 0 Å². The second-order valence-corrected chi connectivity index (χ2v) is 8.15. The molecule has 0 aliphatic heterocycles. The van der Waals surface area contributed by atoms with E-state index in [2.05, 4.69) is 15.1 Å². The van der Waals surface area contributed by atoms with Crippen molar-refractivity contribution in [1.82, 2.24) is 29.8 Å². The summed E-state index contributed by atoms with van der Waals surface area (Å²) in [4.78, 5) is 23.0. The zero-order valence-electron chi connectivity index (χ0n) is 19.3. The number of aromatic nitrogens is 5. The quantitative estimate of drug-likeness (QED) is 0.334. The third-order valence-electron chi connectivity index (χ3n) is 5.65. The Bertz CT molecular complexity index is 1400. The van der Waals surface area contributed by atoms with Crippen molar-refractivity contribution < 1.29 is 9.32 Å². The maximum atomic E-state index is 12.9. The third kappa shape index (κ3) is 5.16. The van der Waals surface area contributed by atoms with Crippen LogP contribution in [0.2, 0.25) is 0 Å². The van der Waals surface area contributed by atoms with Crippen molar-refractivity contribution in [2.75, 3.05) is 7.05 Å². The maximum absolute atomic E-state index is 12.9. The summed E-state index contributed by atoms with van der Waals surface area (Å²) in [5, 5.41) is 8.83. The molecule has 0 saturated heterocycles. The molecule has 5 rings (SSSR count). The average molecular weight is 465 g/mol. The highest BCUT2D eigenvalue weighted by atomic mass is 16.5. The van der Waals surface area contributed by atoms with Crippen molar-refractivity contribution in [3.63, 3.8) is 0 Å². The van der Waals surface area contributed by atoms with Gasteiger partial charge >= 0.3 is 0 Å². The van der Waals surface area contributed by atoms with Crippen LogP contribution in [0.4, 0.5) is 0 Å². The van der Waals surface area contributed by atoms with E-state index in [1.165, 1.54) is 0 Å². The molecule has 0 saturated carbocycles. The predicted molar refractivity (Wildman–Crippen MR) is 131 cm³/mol. The monoisotopic (exact) mass is 464 g/mol. The SMILES string of the molecule is CN(Cc1cn(-c2ccccc2)nc1-c1ccccc1)C(=O)CCc1nc(-c2ccncc2)no1. The van der Waals surface area contributed by atoms with Crippen LogP contribution in [-0.2, 0) is 17.8 Å². The Labute approximate surface area is 202 Å². The van der Waals surface area contributed by atoms with Crippen LogP contribution in [0.3, 0.4) is 0 Å². The van der Waals surface area contributed by atoms with Crippen molar-refractivity contribution in [3.8, 4) is 28.3 Å². The van der Waals surface area contributed by atoms with Crippen LogP contribution in [0.1, 0.15) is 17.9 Å². The highest BCUT2D eigenvalue weighted by molar-refractivity contribution is 5.76. The first-order valence-electron chi connectivity index (χ1n) is 11.3. The van der Waals surface area contributed by atoms with Gasteiger partial charge in [0.25, 0.3) is 0 Å². The normalized spacial score (nSPS) is 10.9. The molecular weight excluding hydrogens is 440 g/mol. The molecule has 5 aromatic rings. The fourth-order valence-electron chi connectivity index (χ4n) is 3.80. The van der Waals surface area contributed by atoms with Crippen molar-refractivity contribution in [3.05, 3.63) is 103 Å². The van der Waals surface area contributed by atoms with Gasteiger partial charge in [0.15, 0.2) is 0 Å². The number of hydrogen-bond donors (Lipinski definition) is 0. The molecule has 0 aliphatic carbocycles. The third-order valence-corrected chi connectivity index (χ3v) is 5.65. The first-order chi connectivity index (χ1) is 17.2. The second kappa shape index (κ2) is 10.1. The van der Waals surface area contributed by atoms with Gasteiger partial charge in [0.2, 0.25) is 17.6 Å². The number of amides is 1. The maximum Gasteiger partial charge on any atom is 0.227 e. The van der Waals surface area contributed by atoms with Crippen molar-refractivity contribution in [1.29, 1.82) is 0 Å². The molecule has 8 nitrogen and oxygen atoms in total. The Hall–Kier alpha value is -4.59. The molecule has 0 fully saturated rings. The van der Waals surface area contributed by atoms with Crippen LogP contribution in [0, 0.1) is 0 Å². The smallest absolute Gasteiger partial charge is 0.227 e. The minimum absolute atomic E-state index is 0.0138. The minimum Gasteiger partial charge on any atom is -0.341 e. The Balaban J connectivity index is 1.29. The van der Waals surface area contributed by atoms with E-state index in [1.807, 2.05) is 83.7 Å². The van der Waals surface area contributed by atoms with E-state index in [0.29, 0.717) is 24.7 Å². The van der Waals surface area contributed by atoms with Gasteiger partial charge in [-0.25, -0.2) is 4.68 Å². The summed E-state index contributed by atoms with van der Waals surface area (Å²) < 4.78 is 7.19. The molecule has 0 atom stereocenters. The molecule has 0 radical (unpaired) electrons. The molecule has 2 aromatic carbocycles. The fourth-order valence-corrected chi connectivity index (χ4v) is 3.80. The number of carbonyl (C=O) groups is 1. The van der Waals surface area contributed by atoms with E-state index in [1.54, 1.807) is 24.3 Å². The highest BCUT2D eigenvalue weighted by Crippen LogP contribution is 2.25. The van der Waals surface area contributed by atoms with Gasteiger partial charge in [-0.3, -0.25) is 9.78 Å². The Kier molecular flexibility index (Phi) is 6.43. The zero-order valence-corrected chi connectivity index (χ0v) is 19.3. The van der Waals surface area contributed by atoms with E-state index in [-0.39, 0.29) is 12.3 Å². The van der Waals surface area contributed by atoms with Crippen molar-refractivity contribution >= 4 is 5.91 Å². The summed E-state index contributed by atoms with van der Waals surface area (Å²) in [7, 11) is 1.80. The Morgan fingerprint density at radius 2 is 1.66 bits per heavy atom. The predicted octanol–water partition coefficient (Wildman–Crippen LogP) is 4.58. The molecule has 3 aromatic heterocycles. The van der Waals surface area contributed by atoms with E-state index in [9.17, 15) is 4.79 Å². The zero-order chi connectivity index (χ0) is 24.0. The Morgan fingerprint density at radius 3 is 2.40 bits per heavy atom. The summed E-state index contributed by atoms with van der Waals surface area (Å²) >= 11 is 0. The fraction of sp³-hybridized carbons (Fsp3) is 0.148. The molecule has 3 heterocycles. The second-order valence-electron chi connectivity index (χ2n) is 8.15. The number of hydrogen-bond acceptors (Lipinski definition) is 6. The molecule has 174 valence electrons. The van der Waals surface area contributed by atoms with Crippen LogP contribution in [0.25, 0.3) is 28.3 Å². The van der Waals surface area contributed by atoms with Gasteiger partial charge in [0, 0.05) is 61.7 Å². The number of para-hydroxylation sites is 1. The van der Waals surface area contributed by atoms with Gasteiger partial charge in [0.1, 0.15) is 0 Å². The summed E-state index contributed by atoms with van der Waals surface area (Å²) in [5.74, 6) is 0.907. The number of pyridine rings is 1. The molecule has 0 aliphatic rings. The van der Waals surface area contributed by atoms with Crippen LogP contribution in [-0.4, -0.2) is 42.8 Å². The topological polar surface area (TPSA) is 89.9 Å². The highest BCUT2D eigenvalue weighted by Gasteiger charge is 2.18. The lowest BCUT2D eigenvalue weighted by molar-refractivity contribution is -0.130. The molecule has 0 N–H and O–H groups in total. The largest absolute Gasteiger partial charge is 0.341 e. The van der Waals surface area contributed by atoms with E-state index in [4.69, 9.17) is 9.62 Å². The summed E-state index contributed by atoms with van der Waals surface area (Å²) in [5.41, 5.74) is 4.61. The molecule has 0 bridgehead atoms. The van der Waals surface area contributed by atoms with Gasteiger partial charge in [-0.1, -0.05) is 53.7 Å². The van der Waals surface area contributed by atoms with Gasteiger partial charge < -0.3 is 9.42 Å². The van der Waals surface area contributed by atoms with Crippen LogP contribution >= 0.6 is 0 Å². The van der Waals surface area contributed by atoms with Gasteiger partial charge in [-0.2, -0.15) is 10.1 Å². The lowest BCUT2D eigenvalue weighted by Gasteiger charge is -2.16. The van der Waals surface area contributed by atoms with E-state index < -0.39 is 0 Å². The number of aryl methyl sites for hydroxylation is 1.